The van der Waals surface area contributed by atoms with Crippen molar-refractivity contribution in [1.29, 1.82) is 0 Å². The molecule has 4 aliphatic heterocycles. The number of ether oxygens (including phenoxy) is 6. The molecule has 4 saturated heterocycles. The molecule has 322 valence electrons. The first-order valence-electron chi connectivity index (χ1n) is 21.4. The first-order valence-corrected chi connectivity index (χ1v) is 21.4. The van der Waals surface area contributed by atoms with Crippen LogP contribution < -0.4 is 0 Å². The summed E-state index contributed by atoms with van der Waals surface area (Å²) in [5, 5.41) is 84.3. The second-order valence-corrected chi connectivity index (χ2v) is 21.2. The number of fused-ring (bicyclic) bond motifs is 8. The zero-order chi connectivity index (χ0) is 40.7. The lowest BCUT2D eigenvalue weighted by Gasteiger charge is -2.69. The van der Waals surface area contributed by atoms with Crippen LogP contribution in [-0.2, 0) is 28.4 Å². The molecule has 8 N–H and O–H groups in total. The summed E-state index contributed by atoms with van der Waals surface area (Å²) in [4.78, 5) is 0. The normalized spacial score (nSPS) is 57.9. The second kappa shape index (κ2) is 14.0. The molecular weight excluding hydrogens is 728 g/mol. The lowest BCUT2D eigenvalue weighted by atomic mass is 9.35. The third kappa shape index (κ3) is 6.08. The number of aliphatic hydroxyl groups is 8. The van der Waals surface area contributed by atoms with E-state index in [1.165, 1.54) is 0 Å². The SMILES string of the molecule is CC1(C)C(OC2OC(CO)C(O)C(O)C2OC2OC(CO)C(O)C(O)C2O)CCC2(C)C1CCC1(C)C2C2OC2C2[C@@H](C3(C)CC[C@H](C(C)(C)O)O3)CC[C@]21C. The predicted molar refractivity (Wildman–Crippen MR) is 199 cm³/mol. The summed E-state index contributed by atoms with van der Waals surface area (Å²) in [6.45, 7) is 16.7. The average Bonchev–Trinajstić information content (AvgIpc) is 3.61. The Balaban J connectivity index is 1.02. The van der Waals surface area contributed by atoms with E-state index < -0.39 is 85.6 Å². The molecule has 0 radical (unpaired) electrons. The van der Waals surface area contributed by atoms with Gasteiger partial charge in [0.25, 0.3) is 0 Å². The van der Waals surface area contributed by atoms with Gasteiger partial charge in [-0.2, -0.15) is 0 Å². The highest BCUT2D eigenvalue weighted by Gasteiger charge is 2.79. The topological polar surface area (TPSA) is 221 Å². The van der Waals surface area contributed by atoms with Crippen LogP contribution >= 0.6 is 0 Å². The van der Waals surface area contributed by atoms with Gasteiger partial charge in [-0.3, -0.25) is 0 Å². The molecule has 0 spiro atoms. The lowest BCUT2D eigenvalue weighted by Crippen LogP contribution is -2.67. The van der Waals surface area contributed by atoms with Gasteiger partial charge in [-0.05, 0) is 117 Å². The third-order valence-electron chi connectivity index (χ3n) is 17.7. The van der Waals surface area contributed by atoms with Gasteiger partial charge in [-0.15, -0.1) is 0 Å². The standard InChI is InChI=1S/C42H70O14/c1-37(2)22-10-15-41(7)34(33-31(54-33)25-19(9-14-40(25,41)6)42(8)16-12-24(56-42)38(3,4)50)39(22,5)13-11-23(37)53-36-32(29(48)27(46)21(18-44)52-36)55-35-30(49)28(47)26(45)20(17-43)51-35/h19-36,43-50H,9-18H2,1-8H3/t19-,20?,21?,22?,23?,24+,25?,26?,27?,28?,29?,30?,31?,32?,33?,34?,35?,36?,39?,40+,41?,42?/m0/s1. The lowest BCUT2D eigenvalue weighted by molar-refractivity contribution is -0.378. The number of hydrogen-bond donors (Lipinski definition) is 8. The smallest absolute Gasteiger partial charge is 0.187 e. The summed E-state index contributed by atoms with van der Waals surface area (Å²) >= 11 is 0. The van der Waals surface area contributed by atoms with Crippen molar-refractivity contribution in [1.82, 2.24) is 0 Å². The van der Waals surface area contributed by atoms with E-state index in [0.717, 1.165) is 44.9 Å². The molecule has 4 saturated carbocycles. The van der Waals surface area contributed by atoms with Crippen molar-refractivity contribution in [2.45, 2.75) is 204 Å². The van der Waals surface area contributed by atoms with Crippen LogP contribution in [0.2, 0.25) is 0 Å². The zero-order valence-corrected chi connectivity index (χ0v) is 34.5. The quantitative estimate of drug-likeness (QED) is 0.129. The highest BCUT2D eigenvalue weighted by Crippen LogP contribution is 2.79. The van der Waals surface area contributed by atoms with E-state index in [-0.39, 0.29) is 52.2 Å². The minimum atomic E-state index is -1.74. The van der Waals surface area contributed by atoms with Crippen molar-refractivity contribution in [2.75, 3.05) is 13.2 Å². The molecule has 4 aliphatic carbocycles. The maximum absolute atomic E-state index is 11.3. The van der Waals surface area contributed by atoms with Crippen LogP contribution in [0.5, 0.6) is 0 Å². The Labute approximate surface area is 331 Å². The minimum Gasteiger partial charge on any atom is -0.394 e. The first kappa shape index (κ1) is 42.1. The number of aliphatic hydroxyl groups excluding tert-OH is 7. The van der Waals surface area contributed by atoms with Gasteiger partial charge in [0.05, 0.1) is 48.8 Å². The highest BCUT2D eigenvalue weighted by molar-refractivity contribution is 5.26. The summed E-state index contributed by atoms with van der Waals surface area (Å²) in [6.07, 6.45) is -7.56. The Morgan fingerprint density at radius 3 is 1.89 bits per heavy atom. The van der Waals surface area contributed by atoms with E-state index in [4.69, 9.17) is 28.4 Å². The fraction of sp³-hybridized carbons (Fsp3) is 1.00. The molecule has 0 aromatic rings. The Bertz CT molecular complexity index is 1460. The molecule has 0 amide bonds. The molecule has 56 heavy (non-hydrogen) atoms. The van der Waals surface area contributed by atoms with Gasteiger partial charge >= 0.3 is 0 Å². The van der Waals surface area contributed by atoms with Crippen molar-refractivity contribution in [3.63, 3.8) is 0 Å². The number of rotatable bonds is 8. The number of hydrogen-bond acceptors (Lipinski definition) is 14. The zero-order valence-electron chi connectivity index (χ0n) is 34.5. The van der Waals surface area contributed by atoms with Gasteiger partial charge < -0.3 is 69.3 Å². The largest absolute Gasteiger partial charge is 0.394 e. The van der Waals surface area contributed by atoms with Crippen molar-refractivity contribution >= 4 is 0 Å². The maximum atomic E-state index is 11.3. The Kier molecular flexibility index (Phi) is 10.5. The Hall–Kier alpha value is -0.560. The van der Waals surface area contributed by atoms with Crippen LogP contribution in [0.4, 0.5) is 0 Å². The monoisotopic (exact) mass is 798 g/mol. The molecular formula is C42H70O14. The maximum Gasteiger partial charge on any atom is 0.187 e. The molecule has 0 bridgehead atoms. The molecule has 0 aromatic carbocycles. The van der Waals surface area contributed by atoms with Crippen LogP contribution in [0.15, 0.2) is 0 Å². The average molecular weight is 799 g/mol. The molecule has 8 rings (SSSR count). The summed E-state index contributed by atoms with van der Waals surface area (Å²) in [5.41, 5.74) is -1.53. The van der Waals surface area contributed by atoms with Gasteiger partial charge in [0.15, 0.2) is 12.6 Å². The Morgan fingerprint density at radius 1 is 0.643 bits per heavy atom. The van der Waals surface area contributed by atoms with Gasteiger partial charge in [-0.1, -0.05) is 34.6 Å². The fourth-order valence-electron chi connectivity index (χ4n) is 14.4. The highest BCUT2D eigenvalue weighted by atomic mass is 16.8. The van der Waals surface area contributed by atoms with Crippen LogP contribution in [0, 0.1) is 45.3 Å². The molecule has 8 fully saturated rings. The molecule has 14 nitrogen and oxygen atoms in total. The van der Waals surface area contributed by atoms with Crippen LogP contribution in [0.1, 0.15) is 107 Å². The molecule has 0 aromatic heterocycles. The van der Waals surface area contributed by atoms with E-state index in [0.29, 0.717) is 24.2 Å². The van der Waals surface area contributed by atoms with Gasteiger partial charge in [-0.25, -0.2) is 0 Å². The van der Waals surface area contributed by atoms with E-state index in [2.05, 4.69) is 41.5 Å². The van der Waals surface area contributed by atoms with E-state index in [9.17, 15) is 40.9 Å². The van der Waals surface area contributed by atoms with Crippen molar-refractivity contribution < 1.29 is 69.3 Å². The van der Waals surface area contributed by atoms with E-state index in [1.807, 2.05) is 13.8 Å². The second-order valence-electron chi connectivity index (χ2n) is 21.2. The molecule has 22 atom stereocenters. The van der Waals surface area contributed by atoms with Crippen molar-refractivity contribution in [2.24, 2.45) is 45.3 Å². The van der Waals surface area contributed by atoms with Crippen LogP contribution in [-0.4, -0.2) is 151 Å². The first-order chi connectivity index (χ1) is 26.1. The van der Waals surface area contributed by atoms with Crippen molar-refractivity contribution in [3.8, 4) is 0 Å². The minimum absolute atomic E-state index is 0.0368. The summed E-state index contributed by atoms with van der Waals surface area (Å²) in [6, 6.07) is 0. The molecule has 19 unspecified atom stereocenters. The fourth-order valence-corrected chi connectivity index (χ4v) is 14.4. The van der Waals surface area contributed by atoms with Crippen LogP contribution in [0.25, 0.3) is 0 Å². The van der Waals surface area contributed by atoms with Gasteiger partial charge in [0, 0.05) is 0 Å². The van der Waals surface area contributed by atoms with Gasteiger partial charge in [0.1, 0.15) is 48.8 Å². The number of epoxide rings is 1. The Morgan fingerprint density at radius 2 is 1.27 bits per heavy atom. The molecule has 14 heteroatoms. The summed E-state index contributed by atoms with van der Waals surface area (Å²) < 4.78 is 38.2. The van der Waals surface area contributed by atoms with E-state index in [1.54, 1.807) is 0 Å². The summed E-state index contributed by atoms with van der Waals surface area (Å²) in [7, 11) is 0. The molecule has 8 aliphatic rings. The van der Waals surface area contributed by atoms with Crippen LogP contribution in [0.3, 0.4) is 0 Å². The van der Waals surface area contributed by atoms with Gasteiger partial charge in [0.2, 0.25) is 0 Å². The van der Waals surface area contributed by atoms with E-state index >= 15 is 0 Å². The third-order valence-corrected chi connectivity index (χ3v) is 17.7. The summed E-state index contributed by atoms with van der Waals surface area (Å²) in [5.74, 6) is 1.33. The van der Waals surface area contributed by atoms with Crippen molar-refractivity contribution in [3.05, 3.63) is 0 Å². The predicted octanol–water partition coefficient (Wildman–Crippen LogP) is 1.38. The molecule has 4 heterocycles.